The fraction of sp³-hybridized carbons (Fsp3) is 0.444. The molecule has 0 atom stereocenters. The Kier molecular flexibility index (Phi) is 5.48. The van der Waals surface area contributed by atoms with Crippen molar-refractivity contribution in [3.63, 3.8) is 0 Å². The van der Waals surface area contributed by atoms with Crippen molar-refractivity contribution < 1.29 is 4.74 Å². The topological polar surface area (TPSA) is 27.1 Å². The van der Waals surface area contributed by atoms with Crippen LogP contribution in [0, 0.1) is 12.3 Å². The summed E-state index contributed by atoms with van der Waals surface area (Å²) < 4.78 is 7.53. The molecule has 1 heterocycles. The second kappa shape index (κ2) is 6.39. The van der Waals surface area contributed by atoms with Crippen LogP contribution < -0.4 is 0 Å². The first-order valence-electron chi connectivity index (χ1n) is 4.25. The molecule has 0 bridgehead atoms. The van der Waals surface area contributed by atoms with Crippen LogP contribution in [0.15, 0.2) is 4.73 Å². The fourth-order valence-electron chi connectivity index (χ4n) is 0.922. The minimum atomic E-state index is 0.260. The fourth-order valence-corrected chi connectivity index (χ4v) is 1.94. The Morgan fingerprint density at radius 3 is 2.80 bits per heavy atom. The van der Waals surface area contributed by atoms with E-state index in [1.165, 1.54) is 0 Å². The van der Waals surface area contributed by atoms with E-state index < -0.39 is 0 Å². The van der Waals surface area contributed by atoms with E-state index in [-0.39, 0.29) is 5.15 Å². The lowest BCUT2D eigenvalue weighted by atomic mass is 10.3. The Morgan fingerprint density at radius 1 is 1.53 bits per heavy atom. The SMILES string of the molecule is C#CCCCOCn1c(Br)nc(Cl)c1Cl. The van der Waals surface area contributed by atoms with Crippen LogP contribution >= 0.6 is 39.1 Å². The van der Waals surface area contributed by atoms with Crippen molar-refractivity contribution in [3.8, 4) is 12.3 Å². The molecule has 0 aliphatic heterocycles. The quantitative estimate of drug-likeness (QED) is 0.616. The van der Waals surface area contributed by atoms with Crippen LogP contribution in [-0.4, -0.2) is 16.2 Å². The molecule has 6 heteroatoms. The van der Waals surface area contributed by atoms with Crippen LogP contribution in [0.1, 0.15) is 12.8 Å². The number of imidazole rings is 1. The molecule has 82 valence electrons. The number of unbranched alkanes of at least 4 members (excludes halogenated alkanes) is 1. The molecule has 0 spiro atoms. The second-order valence-electron chi connectivity index (χ2n) is 2.74. The summed E-state index contributed by atoms with van der Waals surface area (Å²) in [5.74, 6) is 2.54. The Labute approximate surface area is 107 Å². The third-order valence-electron chi connectivity index (χ3n) is 1.65. The summed E-state index contributed by atoms with van der Waals surface area (Å²) in [5.41, 5.74) is 0. The normalized spacial score (nSPS) is 10.3. The maximum Gasteiger partial charge on any atom is 0.181 e. The first-order chi connectivity index (χ1) is 7.16. The van der Waals surface area contributed by atoms with Gasteiger partial charge in [-0.05, 0) is 22.4 Å². The van der Waals surface area contributed by atoms with Gasteiger partial charge >= 0.3 is 0 Å². The van der Waals surface area contributed by atoms with Gasteiger partial charge in [-0.2, -0.15) is 0 Å². The number of terminal acetylenes is 1. The van der Waals surface area contributed by atoms with E-state index in [9.17, 15) is 0 Å². The number of nitrogens with zero attached hydrogens (tertiary/aromatic N) is 2. The van der Waals surface area contributed by atoms with Crippen LogP contribution in [0.25, 0.3) is 0 Å². The predicted molar refractivity (Wildman–Crippen MR) is 64.0 cm³/mol. The third kappa shape index (κ3) is 3.69. The highest BCUT2D eigenvalue weighted by atomic mass is 79.9. The van der Waals surface area contributed by atoms with Crippen molar-refractivity contribution in [2.45, 2.75) is 19.6 Å². The average molecular weight is 312 g/mol. The number of rotatable bonds is 5. The van der Waals surface area contributed by atoms with Gasteiger partial charge in [-0.25, -0.2) is 4.98 Å². The van der Waals surface area contributed by atoms with E-state index in [0.29, 0.717) is 29.6 Å². The van der Waals surface area contributed by atoms with Crippen molar-refractivity contribution in [2.75, 3.05) is 6.61 Å². The van der Waals surface area contributed by atoms with E-state index in [1.54, 1.807) is 4.57 Å². The second-order valence-corrected chi connectivity index (χ2v) is 4.16. The van der Waals surface area contributed by atoms with Gasteiger partial charge in [-0.15, -0.1) is 12.3 Å². The minimum absolute atomic E-state index is 0.260. The van der Waals surface area contributed by atoms with Gasteiger partial charge in [0.25, 0.3) is 0 Å². The molecule has 0 N–H and O–H groups in total. The van der Waals surface area contributed by atoms with E-state index >= 15 is 0 Å². The Hall–Kier alpha value is -0.210. The molecule has 0 fully saturated rings. The summed E-state index contributed by atoms with van der Waals surface area (Å²) in [7, 11) is 0. The molecule has 0 aromatic carbocycles. The van der Waals surface area contributed by atoms with Gasteiger partial charge in [0.15, 0.2) is 15.0 Å². The van der Waals surface area contributed by atoms with Gasteiger partial charge in [-0.1, -0.05) is 23.2 Å². The number of halogens is 3. The van der Waals surface area contributed by atoms with Crippen LogP contribution in [-0.2, 0) is 11.5 Å². The lowest BCUT2D eigenvalue weighted by Crippen LogP contribution is -2.04. The standard InChI is InChI=1S/C9H9BrCl2N2O/c1-2-3-4-5-15-6-14-8(12)7(11)13-9(14)10/h1H,3-6H2. The van der Waals surface area contributed by atoms with Gasteiger partial charge in [-0.3, -0.25) is 4.57 Å². The summed E-state index contributed by atoms with van der Waals surface area (Å²) >= 11 is 14.8. The summed E-state index contributed by atoms with van der Waals surface area (Å²) in [6, 6.07) is 0. The van der Waals surface area contributed by atoms with Gasteiger partial charge in [0.2, 0.25) is 0 Å². The Balaban J connectivity index is 2.41. The lowest BCUT2D eigenvalue weighted by Gasteiger charge is -2.06. The van der Waals surface area contributed by atoms with Gasteiger partial charge in [0, 0.05) is 13.0 Å². The number of hydrogen-bond acceptors (Lipinski definition) is 2. The molecule has 1 rings (SSSR count). The average Bonchev–Trinajstić information content (AvgIpc) is 2.44. The van der Waals surface area contributed by atoms with Crippen molar-refractivity contribution >= 4 is 39.1 Å². The Morgan fingerprint density at radius 2 is 2.27 bits per heavy atom. The van der Waals surface area contributed by atoms with E-state index in [0.717, 1.165) is 6.42 Å². The minimum Gasteiger partial charge on any atom is -0.361 e. The van der Waals surface area contributed by atoms with Crippen molar-refractivity contribution in [2.24, 2.45) is 0 Å². The van der Waals surface area contributed by atoms with Crippen molar-refractivity contribution in [3.05, 3.63) is 15.0 Å². The van der Waals surface area contributed by atoms with E-state index in [2.05, 4.69) is 26.8 Å². The number of ether oxygens (including phenoxy) is 1. The summed E-state index contributed by atoms with van der Waals surface area (Å²) in [4.78, 5) is 3.93. The number of aromatic nitrogens is 2. The monoisotopic (exact) mass is 310 g/mol. The molecule has 0 saturated heterocycles. The molecular formula is C9H9BrCl2N2O. The first kappa shape index (κ1) is 12.9. The first-order valence-corrected chi connectivity index (χ1v) is 5.80. The zero-order valence-corrected chi connectivity index (χ0v) is 10.9. The highest BCUT2D eigenvalue weighted by Gasteiger charge is 2.11. The molecule has 1 aromatic rings. The van der Waals surface area contributed by atoms with Crippen LogP contribution in [0.3, 0.4) is 0 Å². The predicted octanol–water partition coefficient (Wildman–Crippen LogP) is 3.34. The van der Waals surface area contributed by atoms with E-state index in [4.69, 9.17) is 34.4 Å². The highest BCUT2D eigenvalue weighted by Crippen LogP contribution is 2.25. The van der Waals surface area contributed by atoms with E-state index in [1.807, 2.05) is 0 Å². The van der Waals surface area contributed by atoms with Gasteiger partial charge in [0.05, 0.1) is 0 Å². The molecule has 15 heavy (non-hydrogen) atoms. The largest absolute Gasteiger partial charge is 0.361 e. The zero-order chi connectivity index (χ0) is 11.3. The maximum absolute atomic E-state index is 5.88. The molecule has 0 radical (unpaired) electrons. The van der Waals surface area contributed by atoms with Crippen LogP contribution in [0.4, 0.5) is 0 Å². The lowest BCUT2D eigenvalue weighted by molar-refractivity contribution is 0.0746. The smallest absolute Gasteiger partial charge is 0.181 e. The molecule has 0 aliphatic carbocycles. The van der Waals surface area contributed by atoms with Gasteiger partial charge in [0.1, 0.15) is 6.73 Å². The van der Waals surface area contributed by atoms with Crippen LogP contribution in [0.2, 0.25) is 10.3 Å². The Bertz CT molecular complexity index is 373. The summed E-state index contributed by atoms with van der Waals surface area (Å²) in [6.07, 6.45) is 6.64. The van der Waals surface area contributed by atoms with Gasteiger partial charge < -0.3 is 4.74 Å². The molecular weight excluding hydrogens is 303 g/mol. The molecule has 0 unspecified atom stereocenters. The molecule has 1 aromatic heterocycles. The molecule has 0 amide bonds. The molecule has 0 aliphatic rings. The molecule has 0 saturated carbocycles. The van der Waals surface area contributed by atoms with Crippen molar-refractivity contribution in [1.29, 1.82) is 0 Å². The zero-order valence-electron chi connectivity index (χ0n) is 7.84. The summed E-state index contributed by atoms with van der Waals surface area (Å²) in [5, 5.41) is 0.622. The summed E-state index contributed by atoms with van der Waals surface area (Å²) in [6.45, 7) is 0.895. The maximum atomic E-state index is 5.88. The van der Waals surface area contributed by atoms with Crippen LogP contribution in [0.5, 0.6) is 0 Å². The third-order valence-corrected chi connectivity index (χ3v) is 3.00. The number of hydrogen-bond donors (Lipinski definition) is 0. The molecule has 3 nitrogen and oxygen atoms in total. The van der Waals surface area contributed by atoms with Crippen molar-refractivity contribution in [1.82, 2.24) is 9.55 Å². The highest BCUT2D eigenvalue weighted by molar-refractivity contribution is 9.10.